The second-order valence-corrected chi connectivity index (χ2v) is 5.01. The number of halogens is 1. The minimum absolute atomic E-state index is 0.338. The van der Waals surface area contributed by atoms with Gasteiger partial charge in [0.05, 0.1) is 7.11 Å². The molecule has 0 amide bonds. The Morgan fingerprint density at radius 1 is 1.42 bits per heavy atom. The van der Waals surface area contributed by atoms with Crippen molar-refractivity contribution in [3.05, 3.63) is 35.6 Å². The molecular weight excluding hydrogens is 245 g/mol. The minimum Gasteiger partial charge on any atom is -0.467 e. The molecule has 0 bridgehead atoms. The maximum Gasteiger partial charge on any atom is 0.330 e. The summed E-state index contributed by atoms with van der Waals surface area (Å²) in [4.78, 5) is 12.2. The molecule has 1 unspecified atom stereocenters. The average Bonchev–Trinajstić information content (AvgIpc) is 2.40. The van der Waals surface area contributed by atoms with Crippen molar-refractivity contribution in [3.63, 3.8) is 0 Å². The molecular formula is C15H22FNO2. The van der Waals surface area contributed by atoms with Crippen LogP contribution in [-0.2, 0) is 15.1 Å². The van der Waals surface area contributed by atoms with Crippen molar-refractivity contribution in [2.45, 2.75) is 32.7 Å². The first-order chi connectivity index (χ1) is 8.97. The fourth-order valence-electron chi connectivity index (χ4n) is 2.10. The van der Waals surface area contributed by atoms with E-state index in [0.717, 1.165) is 0 Å². The lowest BCUT2D eigenvalue weighted by atomic mass is 9.86. The number of ether oxygens (including phenoxy) is 1. The molecule has 0 aliphatic rings. The van der Waals surface area contributed by atoms with Crippen LogP contribution in [0.25, 0.3) is 0 Å². The summed E-state index contributed by atoms with van der Waals surface area (Å²) in [5.74, 6) is -0.505. The van der Waals surface area contributed by atoms with Gasteiger partial charge in [0.25, 0.3) is 0 Å². The van der Waals surface area contributed by atoms with Crippen LogP contribution in [0.4, 0.5) is 4.39 Å². The van der Waals surface area contributed by atoms with E-state index in [2.05, 4.69) is 5.32 Å². The van der Waals surface area contributed by atoms with Crippen molar-refractivity contribution < 1.29 is 13.9 Å². The van der Waals surface area contributed by atoms with Gasteiger partial charge in [0.15, 0.2) is 0 Å². The third-order valence-corrected chi connectivity index (χ3v) is 3.21. The van der Waals surface area contributed by atoms with Gasteiger partial charge in [-0.3, -0.25) is 5.32 Å². The van der Waals surface area contributed by atoms with Gasteiger partial charge in [-0.25, -0.2) is 9.18 Å². The van der Waals surface area contributed by atoms with E-state index in [1.807, 2.05) is 20.8 Å². The zero-order chi connectivity index (χ0) is 14.5. The molecule has 19 heavy (non-hydrogen) atoms. The first-order valence-corrected chi connectivity index (χ1v) is 6.56. The smallest absolute Gasteiger partial charge is 0.330 e. The van der Waals surface area contributed by atoms with Crippen molar-refractivity contribution in [1.82, 2.24) is 5.32 Å². The van der Waals surface area contributed by atoms with Gasteiger partial charge in [-0.05, 0) is 24.9 Å². The van der Waals surface area contributed by atoms with Crippen LogP contribution in [0.2, 0.25) is 0 Å². The van der Waals surface area contributed by atoms with E-state index in [1.54, 1.807) is 18.2 Å². The molecule has 0 spiro atoms. The largest absolute Gasteiger partial charge is 0.467 e. The molecule has 0 fully saturated rings. The molecule has 1 N–H and O–H groups in total. The van der Waals surface area contributed by atoms with Gasteiger partial charge in [-0.2, -0.15) is 0 Å². The van der Waals surface area contributed by atoms with Crippen LogP contribution in [-0.4, -0.2) is 19.6 Å². The zero-order valence-electron chi connectivity index (χ0n) is 12.0. The van der Waals surface area contributed by atoms with Crippen LogP contribution in [0.15, 0.2) is 24.3 Å². The van der Waals surface area contributed by atoms with Crippen LogP contribution in [0.1, 0.15) is 32.8 Å². The molecule has 1 aromatic carbocycles. The van der Waals surface area contributed by atoms with E-state index >= 15 is 0 Å². The number of benzene rings is 1. The molecule has 4 heteroatoms. The highest BCUT2D eigenvalue weighted by molar-refractivity contribution is 5.82. The number of nitrogens with one attached hydrogen (secondary N) is 1. The zero-order valence-corrected chi connectivity index (χ0v) is 12.0. The summed E-state index contributed by atoms with van der Waals surface area (Å²) < 4.78 is 18.9. The van der Waals surface area contributed by atoms with Crippen molar-refractivity contribution >= 4 is 5.97 Å². The number of carbonyl (C=O) groups excluding carboxylic acids is 1. The fraction of sp³-hybridized carbons (Fsp3) is 0.533. The number of methoxy groups -OCH3 is 1. The molecule has 1 rings (SSSR count). The molecule has 0 aromatic heterocycles. The van der Waals surface area contributed by atoms with Gasteiger partial charge >= 0.3 is 5.97 Å². The summed E-state index contributed by atoms with van der Waals surface area (Å²) in [5, 5.41) is 3.18. The van der Waals surface area contributed by atoms with Crippen LogP contribution in [0.5, 0.6) is 0 Å². The normalized spacial score (nSPS) is 14.2. The molecule has 3 nitrogen and oxygen atoms in total. The predicted octanol–water partition coefficient (Wildman–Crippen LogP) is 2.85. The third kappa shape index (κ3) is 3.32. The minimum atomic E-state index is -1.12. The monoisotopic (exact) mass is 267 g/mol. The van der Waals surface area contributed by atoms with E-state index in [0.29, 0.717) is 24.4 Å². The maximum absolute atomic E-state index is 14.0. The van der Waals surface area contributed by atoms with Gasteiger partial charge in [0.2, 0.25) is 0 Å². The fourth-order valence-corrected chi connectivity index (χ4v) is 2.10. The standard InChI is InChI=1S/C15H22FNO2/c1-5-15(14(18)19-4,17-10-11(2)3)12-8-6-7-9-13(12)16/h6-9,11,17H,5,10H2,1-4H3. The lowest BCUT2D eigenvalue weighted by Crippen LogP contribution is -2.51. The van der Waals surface area contributed by atoms with E-state index in [4.69, 9.17) is 4.74 Å². The Morgan fingerprint density at radius 3 is 2.53 bits per heavy atom. The molecule has 0 aliphatic heterocycles. The number of hydrogen-bond acceptors (Lipinski definition) is 3. The number of carbonyl (C=O) groups is 1. The molecule has 106 valence electrons. The Labute approximate surface area is 114 Å². The SMILES string of the molecule is CCC(NCC(C)C)(C(=O)OC)c1ccccc1F. The van der Waals surface area contributed by atoms with E-state index < -0.39 is 17.3 Å². The highest BCUT2D eigenvalue weighted by atomic mass is 19.1. The summed E-state index contributed by atoms with van der Waals surface area (Å²) in [7, 11) is 1.32. The summed E-state index contributed by atoms with van der Waals surface area (Å²) >= 11 is 0. The van der Waals surface area contributed by atoms with E-state index in [1.165, 1.54) is 13.2 Å². The van der Waals surface area contributed by atoms with Crippen molar-refractivity contribution in [1.29, 1.82) is 0 Å². The molecule has 0 heterocycles. The summed E-state index contributed by atoms with van der Waals surface area (Å²) in [5.41, 5.74) is -0.783. The Balaban J connectivity index is 3.24. The van der Waals surface area contributed by atoms with Crippen molar-refractivity contribution in [3.8, 4) is 0 Å². The second kappa shape index (κ2) is 6.66. The molecule has 0 saturated carbocycles. The molecule has 1 aromatic rings. The van der Waals surface area contributed by atoms with Crippen LogP contribution in [0.3, 0.4) is 0 Å². The lowest BCUT2D eigenvalue weighted by Gasteiger charge is -2.32. The topological polar surface area (TPSA) is 38.3 Å². The summed E-state index contributed by atoms with van der Waals surface area (Å²) in [6.07, 6.45) is 0.424. The highest BCUT2D eigenvalue weighted by Gasteiger charge is 2.41. The van der Waals surface area contributed by atoms with Gasteiger partial charge in [-0.1, -0.05) is 39.0 Å². The summed E-state index contributed by atoms with van der Waals surface area (Å²) in [6.45, 7) is 6.52. The van der Waals surface area contributed by atoms with E-state index in [9.17, 15) is 9.18 Å². The molecule has 0 aliphatic carbocycles. The number of esters is 1. The number of rotatable bonds is 6. The van der Waals surface area contributed by atoms with Crippen LogP contribution >= 0.6 is 0 Å². The average molecular weight is 267 g/mol. The molecule has 0 saturated heterocycles. The van der Waals surface area contributed by atoms with Crippen LogP contribution in [0, 0.1) is 11.7 Å². The highest BCUT2D eigenvalue weighted by Crippen LogP contribution is 2.29. The Kier molecular flexibility index (Phi) is 5.48. The van der Waals surface area contributed by atoms with Gasteiger partial charge in [0, 0.05) is 5.56 Å². The first kappa shape index (κ1) is 15.6. The van der Waals surface area contributed by atoms with Gasteiger partial charge in [0.1, 0.15) is 11.4 Å². The van der Waals surface area contributed by atoms with Crippen molar-refractivity contribution in [2.24, 2.45) is 5.92 Å². The van der Waals surface area contributed by atoms with E-state index in [-0.39, 0.29) is 0 Å². The lowest BCUT2D eigenvalue weighted by molar-refractivity contribution is -0.149. The third-order valence-electron chi connectivity index (χ3n) is 3.21. The number of hydrogen-bond donors (Lipinski definition) is 1. The second-order valence-electron chi connectivity index (χ2n) is 5.01. The molecule has 1 atom stereocenters. The molecule has 0 radical (unpaired) electrons. The Bertz CT molecular complexity index is 434. The summed E-state index contributed by atoms with van der Waals surface area (Å²) in [6, 6.07) is 6.32. The first-order valence-electron chi connectivity index (χ1n) is 6.56. The van der Waals surface area contributed by atoms with Crippen molar-refractivity contribution in [2.75, 3.05) is 13.7 Å². The van der Waals surface area contributed by atoms with Crippen LogP contribution < -0.4 is 5.32 Å². The maximum atomic E-state index is 14.0. The predicted molar refractivity (Wildman–Crippen MR) is 73.2 cm³/mol. The Hall–Kier alpha value is -1.42. The van der Waals surface area contributed by atoms with Gasteiger partial charge < -0.3 is 4.74 Å². The quantitative estimate of drug-likeness (QED) is 0.805. The Morgan fingerprint density at radius 2 is 2.05 bits per heavy atom. The van der Waals surface area contributed by atoms with Gasteiger partial charge in [-0.15, -0.1) is 0 Å².